The van der Waals surface area contributed by atoms with Crippen molar-refractivity contribution < 1.29 is 0 Å². The second-order valence-electron chi connectivity index (χ2n) is 3.70. The average Bonchev–Trinajstić information content (AvgIpc) is 2.64. The lowest BCUT2D eigenvalue weighted by Crippen LogP contribution is -2.35. The van der Waals surface area contributed by atoms with E-state index in [1.54, 1.807) is 0 Å². The predicted molar refractivity (Wildman–Crippen MR) is 55.7 cm³/mol. The van der Waals surface area contributed by atoms with E-state index in [2.05, 4.69) is 21.0 Å². The second-order valence-corrected chi connectivity index (χ2v) is 3.70. The quantitative estimate of drug-likeness (QED) is 0.697. The van der Waals surface area contributed by atoms with Gasteiger partial charge in [-0.25, -0.2) is 4.98 Å². The summed E-state index contributed by atoms with van der Waals surface area (Å²) >= 11 is 0. The molecule has 0 atom stereocenters. The van der Waals surface area contributed by atoms with Gasteiger partial charge in [-0.2, -0.15) is 0 Å². The van der Waals surface area contributed by atoms with Gasteiger partial charge in [0.05, 0.1) is 6.54 Å². The van der Waals surface area contributed by atoms with Gasteiger partial charge < -0.3 is 10.3 Å². The predicted octanol–water partition coefficient (Wildman–Crippen LogP) is 0.214. The van der Waals surface area contributed by atoms with Gasteiger partial charge in [-0.3, -0.25) is 4.90 Å². The van der Waals surface area contributed by atoms with Crippen molar-refractivity contribution in [2.45, 2.75) is 13.1 Å². The number of imidazole rings is 1. The minimum absolute atomic E-state index is 0.574. The van der Waals surface area contributed by atoms with Crippen molar-refractivity contribution in [1.29, 1.82) is 0 Å². The summed E-state index contributed by atoms with van der Waals surface area (Å²) in [5.74, 6) is 1.14. The third-order valence-electron chi connectivity index (χ3n) is 2.56. The molecule has 2 heterocycles. The molecule has 2 N–H and O–H groups in total. The zero-order valence-electron chi connectivity index (χ0n) is 8.32. The molecule has 0 spiro atoms. The smallest absolute Gasteiger partial charge is 0.122 e. The van der Waals surface area contributed by atoms with Crippen LogP contribution < -0.4 is 5.73 Å². The maximum atomic E-state index is 5.52. The standard InChI is InChI=1S/C10H16N4/c1-9(6-11)7-13-4-5-14-3-2-12-10(14)8-13/h2-3H,1,4-8,11H2. The molecule has 76 valence electrons. The van der Waals surface area contributed by atoms with E-state index in [4.69, 9.17) is 5.73 Å². The highest BCUT2D eigenvalue weighted by Gasteiger charge is 2.16. The van der Waals surface area contributed by atoms with Crippen LogP contribution in [0.1, 0.15) is 5.82 Å². The fourth-order valence-corrected chi connectivity index (χ4v) is 1.74. The van der Waals surface area contributed by atoms with Crippen LogP contribution in [0.5, 0.6) is 0 Å². The minimum Gasteiger partial charge on any atom is -0.333 e. The lowest BCUT2D eigenvalue weighted by molar-refractivity contribution is 0.234. The van der Waals surface area contributed by atoms with E-state index in [1.807, 2.05) is 12.4 Å². The van der Waals surface area contributed by atoms with Crippen molar-refractivity contribution in [2.75, 3.05) is 19.6 Å². The van der Waals surface area contributed by atoms with Gasteiger partial charge in [0.15, 0.2) is 0 Å². The molecule has 0 radical (unpaired) electrons. The zero-order chi connectivity index (χ0) is 9.97. The summed E-state index contributed by atoms with van der Waals surface area (Å²) in [6.45, 7) is 8.37. The van der Waals surface area contributed by atoms with Gasteiger partial charge in [0, 0.05) is 38.6 Å². The highest BCUT2D eigenvalue weighted by Crippen LogP contribution is 2.10. The molecule has 1 aromatic heterocycles. The summed E-state index contributed by atoms with van der Waals surface area (Å²) in [5.41, 5.74) is 6.60. The van der Waals surface area contributed by atoms with Crippen LogP contribution in [0.15, 0.2) is 24.5 Å². The van der Waals surface area contributed by atoms with Crippen molar-refractivity contribution in [2.24, 2.45) is 5.73 Å². The van der Waals surface area contributed by atoms with Crippen LogP contribution >= 0.6 is 0 Å². The van der Waals surface area contributed by atoms with Crippen molar-refractivity contribution in [3.05, 3.63) is 30.4 Å². The van der Waals surface area contributed by atoms with Gasteiger partial charge in [0.2, 0.25) is 0 Å². The minimum atomic E-state index is 0.574. The van der Waals surface area contributed by atoms with E-state index in [0.717, 1.165) is 37.6 Å². The van der Waals surface area contributed by atoms with Crippen LogP contribution in [0.2, 0.25) is 0 Å². The van der Waals surface area contributed by atoms with Crippen molar-refractivity contribution in [1.82, 2.24) is 14.5 Å². The second kappa shape index (κ2) is 3.94. The molecule has 0 aliphatic carbocycles. The molecule has 0 bridgehead atoms. The molecule has 0 amide bonds. The van der Waals surface area contributed by atoms with Crippen molar-refractivity contribution in [3.8, 4) is 0 Å². The molecule has 14 heavy (non-hydrogen) atoms. The van der Waals surface area contributed by atoms with E-state index in [-0.39, 0.29) is 0 Å². The largest absolute Gasteiger partial charge is 0.333 e. The molecule has 2 rings (SSSR count). The zero-order valence-corrected chi connectivity index (χ0v) is 8.32. The Bertz CT molecular complexity index is 329. The topological polar surface area (TPSA) is 47.1 Å². The van der Waals surface area contributed by atoms with Gasteiger partial charge in [0.25, 0.3) is 0 Å². The first kappa shape index (κ1) is 9.43. The van der Waals surface area contributed by atoms with Gasteiger partial charge in [-0.05, 0) is 5.57 Å². The maximum Gasteiger partial charge on any atom is 0.122 e. The monoisotopic (exact) mass is 192 g/mol. The molecule has 1 aliphatic heterocycles. The third-order valence-corrected chi connectivity index (χ3v) is 2.56. The number of fused-ring (bicyclic) bond motifs is 1. The van der Waals surface area contributed by atoms with Gasteiger partial charge in [-0.15, -0.1) is 0 Å². The Morgan fingerprint density at radius 1 is 1.57 bits per heavy atom. The van der Waals surface area contributed by atoms with Crippen LogP contribution in [0.3, 0.4) is 0 Å². The van der Waals surface area contributed by atoms with Crippen LogP contribution in [0.4, 0.5) is 0 Å². The van der Waals surface area contributed by atoms with E-state index < -0.39 is 0 Å². The number of hydrogen-bond donors (Lipinski definition) is 1. The number of nitrogens with zero attached hydrogens (tertiary/aromatic N) is 3. The van der Waals surface area contributed by atoms with Crippen LogP contribution in [-0.4, -0.2) is 34.1 Å². The summed E-state index contributed by atoms with van der Waals surface area (Å²) in [4.78, 5) is 6.63. The molecule has 1 aliphatic rings. The summed E-state index contributed by atoms with van der Waals surface area (Å²) in [6, 6.07) is 0. The van der Waals surface area contributed by atoms with Crippen LogP contribution in [0, 0.1) is 0 Å². The molecule has 0 unspecified atom stereocenters. The molecule has 0 aromatic carbocycles. The summed E-state index contributed by atoms with van der Waals surface area (Å²) in [5, 5.41) is 0. The summed E-state index contributed by atoms with van der Waals surface area (Å²) in [7, 11) is 0. The normalized spacial score (nSPS) is 16.6. The molecule has 4 nitrogen and oxygen atoms in total. The first-order chi connectivity index (χ1) is 6.79. The fourth-order valence-electron chi connectivity index (χ4n) is 1.74. The fraction of sp³-hybridized carbons (Fsp3) is 0.500. The highest BCUT2D eigenvalue weighted by molar-refractivity contribution is 5.02. The molecule has 4 heteroatoms. The lowest BCUT2D eigenvalue weighted by atomic mass is 10.2. The van der Waals surface area contributed by atoms with Gasteiger partial charge in [0.1, 0.15) is 5.82 Å². The van der Waals surface area contributed by atoms with E-state index >= 15 is 0 Å². The van der Waals surface area contributed by atoms with Crippen molar-refractivity contribution in [3.63, 3.8) is 0 Å². The number of hydrogen-bond acceptors (Lipinski definition) is 3. The third kappa shape index (κ3) is 1.86. The molecular formula is C10H16N4. The summed E-state index contributed by atoms with van der Waals surface area (Å²) < 4.78 is 2.20. The first-order valence-corrected chi connectivity index (χ1v) is 4.88. The van der Waals surface area contributed by atoms with E-state index in [9.17, 15) is 0 Å². The molecular weight excluding hydrogens is 176 g/mol. The Hall–Kier alpha value is -1.13. The lowest BCUT2D eigenvalue weighted by Gasteiger charge is -2.27. The van der Waals surface area contributed by atoms with Crippen molar-refractivity contribution >= 4 is 0 Å². The Morgan fingerprint density at radius 3 is 3.21 bits per heavy atom. The maximum absolute atomic E-state index is 5.52. The molecule has 0 saturated carbocycles. The van der Waals surface area contributed by atoms with E-state index in [0.29, 0.717) is 6.54 Å². The molecule has 1 aromatic rings. The van der Waals surface area contributed by atoms with E-state index in [1.165, 1.54) is 0 Å². The highest BCUT2D eigenvalue weighted by atomic mass is 15.2. The first-order valence-electron chi connectivity index (χ1n) is 4.88. The molecule has 0 saturated heterocycles. The Kier molecular flexibility index (Phi) is 2.65. The molecule has 0 fully saturated rings. The van der Waals surface area contributed by atoms with Gasteiger partial charge in [-0.1, -0.05) is 6.58 Å². The average molecular weight is 192 g/mol. The van der Waals surface area contributed by atoms with Gasteiger partial charge >= 0.3 is 0 Å². The summed E-state index contributed by atoms with van der Waals surface area (Å²) in [6.07, 6.45) is 3.89. The Morgan fingerprint density at radius 2 is 2.43 bits per heavy atom. The Balaban J connectivity index is 1.97. The number of rotatable bonds is 3. The number of aromatic nitrogens is 2. The van der Waals surface area contributed by atoms with Crippen LogP contribution in [-0.2, 0) is 13.1 Å². The SMILES string of the molecule is C=C(CN)CN1CCn2ccnc2C1. The number of nitrogens with two attached hydrogens (primary N) is 1. The van der Waals surface area contributed by atoms with Crippen LogP contribution in [0.25, 0.3) is 0 Å². The Labute approximate surface area is 84.0 Å².